The number of amides is 2. The molecule has 90 heavy (non-hydrogen) atoms. The lowest BCUT2D eigenvalue weighted by atomic mass is 9.90. The van der Waals surface area contributed by atoms with E-state index in [1.807, 2.05) is 24.3 Å². The second kappa shape index (κ2) is 25.1. The van der Waals surface area contributed by atoms with E-state index in [1.165, 1.54) is 21.9 Å². The van der Waals surface area contributed by atoms with E-state index in [-0.39, 0.29) is 123 Å². The molecule has 4 aromatic heterocycles. The standard InChI is InChI=1S/C64H40N8O12S6/c1-3-71-55(73)53(89-57(71)39(27-65)28-66)69-43-25-41-47(85-43)49-45(83-63(41,59(75)79-31-35-17-9-5-10-18-35)60(76)80-32-36-19-11-6-12-20-36)51-52(87-49)46-50(88-51)48-42(26-44(86-48)70-54-56(74)72(4-2)58(90-54)40(29-67)30-68)64(84-46,61(77)81-33-37-21-13-7-14-22-37)62(78)82-34-38-23-15-8-16-24-38/h5-26H,3-4,31-34H2,1-2H3/b69-53-,70-54-. The third kappa shape index (κ3) is 10.6. The number of thiophene rings is 4. The van der Waals surface area contributed by atoms with Crippen LogP contribution in [0.2, 0.25) is 0 Å². The molecule has 8 heterocycles. The van der Waals surface area contributed by atoms with E-state index in [9.17, 15) is 30.6 Å². The fourth-order valence-electron chi connectivity index (χ4n) is 9.92. The number of ether oxygens (including phenoxy) is 6. The molecule has 0 unspecified atom stereocenters. The van der Waals surface area contributed by atoms with Crippen molar-refractivity contribution in [3.63, 3.8) is 0 Å². The predicted molar refractivity (Wildman–Crippen MR) is 337 cm³/mol. The summed E-state index contributed by atoms with van der Waals surface area (Å²) in [7, 11) is 0. The highest BCUT2D eigenvalue weighted by molar-refractivity contribution is 8.20. The van der Waals surface area contributed by atoms with E-state index in [1.54, 1.807) is 135 Å². The van der Waals surface area contributed by atoms with Gasteiger partial charge in [0.25, 0.3) is 11.8 Å². The fraction of sp³-hybridized carbons (Fsp3) is 0.156. The molecule has 0 saturated carbocycles. The molecule has 444 valence electrons. The van der Waals surface area contributed by atoms with Crippen LogP contribution in [0, 0.1) is 45.3 Å². The third-order valence-electron chi connectivity index (χ3n) is 14.2. The summed E-state index contributed by atoms with van der Waals surface area (Å²) < 4.78 is 38.8. The quantitative estimate of drug-likeness (QED) is 0.0376. The van der Waals surface area contributed by atoms with Crippen molar-refractivity contribution >= 4 is 134 Å². The maximum Gasteiger partial charge on any atom is 0.367 e. The summed E-state index contributed by atoms with van der Waals surface area (Å²) in [4.78, 5) is 103. The van der Waals surface area contributed by atoms with Crippen molar-refractivity contribution < 1.29 is 57.2 Å². The molecule has 0 N–H and O–H groups in total. The zero-order valence-corrected chi connectivity index (χ0v) is 51.8. The Morgan fingerprint density at radius 1 is 0.467 bits per heavy atom. The normalized spacial score (nSPS) is 15.7. The number of rotatable bonds is 16. The Kier molecular flexibility index (Phi) is 16.8. The first-order valence-corrected chi connectivity index (χ1v) is 32.1. The Labute approximate surface area is 536 Å². The number of aliphatic imine (C=N–C) groups is 2. The van der Waals surface area contributed by atoms with Crippen LogP contribution in [0.5, 0.6) is 11.5 Å². The Morgan fingerprint density at radius 2 is 0.767 bits per heavy atom. The van der Waals surface area contributed by atoms with Crippen LogP contribution in [0.1, 0.15) is 47.2 Å². The molecule has 20 nitrogen and oxygen atoms in total. The van der Waals surface area contributed by atoms with Crippen molar-refractivity contribution in [3.8, 4) is 55.3 Å². The molecule has 4 aromatic carbocycles. The number of nitrogens with zero attached hydrogens (tertiary/aromatic N) is 8. The summed E-state index contributed by atoms with van der Waals surface area (Å²) >= 11 is 5.70. The molecule has 26 heteroatoms. The second-order valence-corrected chi connectivity index (χ2v) is 25.6. The highest BCUT2D eigenvalue weighted by atomic mass is 32.2. The average molecular weight is 1310 g/mol. The Bertz CT molecular complexity index is 4190. The fourth-order valence-corrected chi connectivity index (χ4v) is 17.2. The number of benzene rings is 4. The maximum atomic E-state index is 15.5. The molecule has 0 aliphatic carbocycles. The molecule has 0 spiro atoms. The van der Waals surface area contributed by atoms with E-state index in [0.717, 1.165) is 68.9 Å². The van der Waals surface area contributed by atoms with E-state index < -0.39 is 46.9 Å². The van der Waals surface area contributed by atoms with Gasteiger partial charge in [-0.05, 0) is 71.8 Å². The third-order valence-corrected chi connectivity index (χ3v) is 21.2. The minimum Gasteiger partial charge on any atom is -0.457 e. The van der Waals surface area contributed by atoms with Gasteiger partial charge in [0.15, 0.2) is 32.7 Å². The van der Waals surface area contributed by atoms with Gasteiger partial charge in [-0.2, -0.15) is 21.0 Å². The first-order chi connectivity index (χ1) is 43.8. The van der Waals surface area contributed by atoms with Crippen molar-refractivity contribution in [1.29, 1.82) is 21.0 Å². The smallest absolute Gasteiger partial charge is 0.367 e. The Hall–Kier alpha value is -10.2. The van der Waals surface area contributed by atoms with Crippen LogP contribution in [-0.4, -0.2) is 68.7 Å². The highest BCUT2D eigenvalue weighted by Gasteiger charge is 2.62. The summed E-state index contributed by atoms with van der Waals surface area (Å²) in [6, 6.07) is 45.1. The van der Waals surface area contributed by atoms with Crippen molar-refractivity contribution in [2.45, 2.75) is 51.5 Å². The van der Waals surface area contributed by atoms with Crippen molar-refractivity contribution in [1.82, 2.24) is 9.80 Å². The van der Waals surface area contributed by atoms with Crippen LogP contribution in [-0.2, 0) is 85.3 Å². The lowest BCUT2D eigenvalue weighted by molar-refractivity contribution is -0.185. The highest BCUT2D eigenvalue weighted by Crippen LogP contribution is 2.66. The summed E-state index contributed by atoms with van der Waals surface area (Å²) in [5.74, 6) is -6.05. The zero-order chi connectivity index (χ0) is 62.8. The summed E-state index contributed by atoms with van der Waals surface area (Å²) in [5, 5.41) is 39.5. The molecule has 4 aliphatic heterocycles. The summed E-state index contributed by atoms with van der Waals surface area (Å²) in [6.07, 6.45) is 0. The van der Waals surface area contributed by atoms with E-state index in [4.69, 9.17) is 38.4 Å². The molecule has 0 bridgehead atoms. The first-order valence-electron chi connectivity index (χ1n) is 27.2. The van der Waals surface area contributed by atoms with Gasteiger partial charge in [-0.15, -0.1) is 45.3 Å². The summed E-state index contributed by atoms with van der Waals surface area (Å²) in [6.45, 7) is 2.24. The Morgan fingerprint density at radius 3 is 1.04 bits per heavy atom. The van der Waals surface area contributed by atoms with Gasteiger partial charge in [0, 0.05) is 24.2 Å². The maximum absolute atomic E-state index is 15.5. The monoisotopic (exact) mass is 1300 g/mol. The van der Waals surface area contributed by atoms with Crippen LogP contribution >= 0.6 is 68.9 Å². The van der Waals surface area contributed by atoms with Gasteiger partial charge in [-0.3, -0.25) is 19.4 Å². The lowest BCUT2D eigenvalue weighted by Gasteiger charge is -2.33. The lowest BCUT2D eigenvalue weighted by Crippen LogP contribution is -2.52. The van der Waals surface area contributed by atoms with E-state index >= 15 is 19.2 Å². The van der Waals surface area contributed by atoms with Gasteiger partial charge >= 0.3 is 35.1 Å². The SMILES string of the molecule is CCN1C(=O)/C(=N/c2cc3c(s2)-c2sc4c5c(sc4c2OC3(C(=O)OCc2ccccc2)C(=O)OCc2ccccc2)-c2sc(/N=C3\SC(=C(C#N)C#N)N(CC)C3=O)cc2C(C(=O)OCc2ccccc2)(C(=O)OCc2ccccc2)O5)SC1=C(C#N)C#N. The number of esters is 4. The summed E-state index contributed by atoms with van der Waals surface area (Å²) in [5.41, 5.74) is -4.04. The topological polar surface area (TPSA) is 284 Å². The molecule has 12 rings (SSSR count). The number of fused-ring (bicyclic) bond motifs is 9. The second-order valence-electron chi connectivity index (χ2n) is 19.6. The van der Waals surface area contributed by atoms with E-state index in [0.29, 0.717) is 32.0 Å². The number of carbonyl (C=O) groups is 6. The van der Waals surface area contributed by atoms with Crippen LogP contribution in [0.3, 0.4) is 0 Å². The van der Waals surface area contributed by atoms with Crippen molar-refractivity contribution in [2.75, 3.05) is 13.1 Å². The van der Waals surface area contributed by atoms with Gasteiger partial charge < -0.3 is 28.4 Å². The van der Waals surface area contributed by atoms with Crippen LogP contribution in [0.15, 0.2) is 165 Å². The molecule has 2 amide bonds. The van der Waals surface area contributed by atoms with Crippen LogP contribution in [0.25, 0.3) is 28.9 Å². The van der Waals surface area contributed by atoms with Crippen LogP contribution in [0.4, 0.5) is 10.0 Å². The number of allylic oxidation sites excluding steroid dienone is 2. The zero-order valence-electron chi connectivity index (χ0n) is 46.9. The molecule has 4 aliphatic rings. The van der Waals surface area contributed by atoms with E-state index in [2.05, 4.69) is 0 Å². The molecular formula is C64H40N8O12S6. The minimum atomic E-state index is -2.77. The number of hydrogen-bond acceptors (Lipinski definition) is 24. The van der Waals surface area contributed by atoms with Gasteiger partial charge in [-0.25, -0.2) is 29.2 Å². The van der Waals surface area contributed by atoms with Crippen LogP contribution < -0.4 is 9.47 Å². The predicted octanol–water partition coefficient (Wildman–Crippen LogP) is 12.3. The molecule has 2 fully saturated rings. The van der Waals surface area contributed by atoms with Gasteiger partial charge in [-0.1, -0.05) is 121 Å². The number of thioether (sulfide) groups is 2. The number of carbonyl (C=O) groups excluding carboxylic acids is 6. The molecule has 0 radical (unpaired) electrons. The number of hydrogen-bond donors (Lipinski definition) is 0. The largest absolute Gasteiger partial charge is 0.457 e. The molecule has 8 aromatic rings. The van der Waals surface area contributed by atoms with Gasteiger partial charge in [0.1, 0.15) is 70.8 Å². The molecular weight excluding hydrogens is 1270 g/mol. The van der Waals surface area contributed by atoms with Gasteiger partial charge in [0.2, 0.25) is 0 Å². The minimum absolute atomic E-state index is 0.0403. The average Bonchev–Trinajstić information content (AvgIpc) is 1.57. The Balaban J connectivity index is 1.07. The first kappa shape index (κ1) is 60.1. The number of nitriles is 4. The van der Waals surface area contributed by atoms with Crippen molar-refractivity contribution in [2.24, 2.45) is 9.98 Å². The van der Waals surface area contributed by atoms with Crippen molar-refractivity contribution in [3.05, 3.63) is 188 Å². The van der Waals surface area contributed by atoms with Gasteiger partial charge in [0.05, 0.1) is 28.9 Å². The molecule has 2 saturated heterocycles. The molecule has 0 atom stereocenters.